The molecule has 0 spiro atoms. The van der Waals surface area contributed by atoms with Crippen LogP contribution >= 0.6 is 34.8 Å². The van der Waals surface area contributed by atoms with Crippen molar-refractivity contribution < 1.29 is 17.9 Å². The second-order valence-corrected chi connectivity index (χ2v) is 10.3. The van der Waals surface area contributed by atoms with Crippen molar-refractivity contribution in [3.63, 3.8) is 0 Å². The van der Waals surface area contributed by atoms with E-state index in [1.165, 1.54) is 0 Å². The lowest BCUT2D eigenvalue weighted by Crippen LogP contribution is -2.22. The Balaban J connectivity index is 1.76. The number of carbonyl (C=O) groups is 1. The summed E-state index contributed by atoms with van der Waals surface area (Å²) in [6.45, 7) is 3.86. The Morgan fingerprint density at radius 1 is 0.970 bits per heavy atom. The van der Waals surface area contributed by atoms with E-state index in [2.05, 4.69) is 37.9 Å². The normalized spacial score (nSPS) is 10.9. The summed E-state index contributed by atoms with van der Waals surface area (Å²) in [5, 5.41) is 6.15. The fraction of sp³-hybridized carbons (Fsp3) is 0.130. The van der Waals surface area contributed by atoms with Gasteiger partial charge in [0, 0.05) is 14.9 Å². The lowest BCUT2D eigenvalue weighted by molar-refractivity contribution is 0.0526. The van der Waals surface area contributed by atoms with E-state index < -0.39 is 16.0 Å². The second-order valence-electron chi connectivity index (χ2n) is 6.99. The largest absolute Gasteiger partial charge is 0.462 e. The first-order chi connectivity index (χ1) is 15.7. The van der Waals surface area contributed by atoms with Crippen LogP contribution in [0.3, 0.4) is 0 Å². The fourth-order valence-corrected chi connectivity index (χ4v) is 4.77. The Kier molecular flexibility index (Phi) is 8.27. The number of ether oxygens (including phenoxy) is 1. The Labute approximate surface area is 212 Å². The number of anilines is 3. The number of rotatable bonds is 7. The highest BCUT2D eigenvalue weighted by atomic mass is 127. The number of esters is 1. The summed E-state index contributed by atoms with van der Waals surface area (Å²) in [4.78, 5) is 11.9. The van der Waals surface area contributed by atoms with E-state index in [1.54, 1.807) is 61.5 Å². The van der Waals surface area contributed by atoms with Crippen molar-refractivity contribution in [3.05, 3.63) is 81.4 Å². The van der Waals surface area contributed by atoms with Crippen molar-refractivity contribution in [1.29, 1.82) is 0 Å². The molecular weight excluding hydrogens is 573 g/mol. The van der Waals surface area contributed by atoms with Crippen molar-refractivity contribution in [3.8, 4) is 0 Å². The smallest absolute Gasteiger partial charge is 0.338 e. The van der Waals surface area contributed by atoms with Gasteiger partial charge in [-0.05, 0) is 115 Å². The lowest BCUT2D eigenvalue weighted by atomic mass is 10.2. The SMILES string of the molecule is CCOC(=O)c1ccc(NC(=S)Nc2ccc(C)cc2S(=O)(=O)Nc2ccc(I)cc2)cc1. The van der Waals surface area contributed by atoms with Crippen molar-refractivity contribution in [2.75, 3.05) is 22.0 Å². The van der Waals surface area contributed by atoms with Crippen molar-refractivity contribution in [2.24, 2.45) is 0 Å². The van der Waals surface area contributed by atoms with Crippen LogP contribution in [0, 0.1) is 10.5 Å². The van der Waals surface area contributed by atoms with Gasteiger partial charge in [-0.2, -0.15) is 0 Å². The monoisotopic (exact) mass is 595 g/mol. The zero-order valence-corrected chi connectivity index (χ0v) is 21.7. The first kappa shape index (κ1) is 24.9. The topological polar surface area (TPSA) is 96.5 Å². The maximum atomic E-state index is 13.1. The molecule has 3 N–H and O–H groups in total. The molecule has 0 aliphatic rings. The van der Waals surface area contributed by atoms with Gasteiger partial charge in [-0.25, -0.2) is 13.2 Å². The number of sulfonamides is 1. The summed E-state index contributed by atoms with van der Waals surface area (Å²) < 4.78 is 34.8. The minimum absolute atomic E-state index is 0.0721. The third-order valence-corrected chi connectivity index (χ3v) is 6.77. The van der Waals surface area contributed by atoms with Gasteiger partial charge >= 0.3 is 5.97 Å². The summed E-state index contributed by atoms with van der Waals surface area (Å²) in [7, 11) is -3.87. The van der Waals surface area contributed by atoms with Crippen molar-refractivity contribution >= 4 is 73.0 Å². The highest BCUT2D eigenvalue weighted by molar-refractivity contribution is 14.1. The molecule has 0 aliphatic heterocycles. The molecule has 3 aromatic rings. The van der Waals surface area contributed by atoms with E-state index in [1.807, 2.05) is 19.1 Å². The van der Waals surface area contributed by atoms with Crippen LogP contribution in [0.1, 0.15) is 22.8 Å². The van der Waals surface area contributed by atoms with Crippen LogP contribution < -0.4 is 15.4 Å². The van der Waals surface area contributed by atoms with Gasteiger partial charge in [0.1, 0.15) is 4.90 Å². The number of hydrogen-bond acceptors (Lipinski definition) is 5. The first-order valence-electron chi connectivity index (χ1n) is 9.92. The van der Waals surface area contributed by atoms with Crippen LogP contribution in [0.4, 0.5) is 17.1 Å². The van der Waals surface area contributed by atoms with Crippen LogP contribution in [0.5, 0.6) is 0 Å². The predicted molar refractivity (Wildman–Crippen MR) is 143 cm³/mol. The van der Waals surface area contributed by atoms with Gasteiger partial charge in [0.25, 0.3) is 10.0 Å². The maximum Gasteiger partial charge on any atom is 0.338 e. The number of nitrogens with one attached hydrogen (secondary N) is 3. The zero-order chi connectivity index (χ0) is 24.0. The summed E-state index contributed by atoms with van der Waals surface area (Å²) in [6, 6.07) is 18.7. The van der Waals surface area contributed by atoms with Gasteiger partial charge in [-0.3, -0.25) is 4.72 Å². The van der Waals surface area contributed by atoms with Gasteiger partial charge < -0.3 is 15.4 Å². The second kappa shape index (κ2) is 10.9. The van der Waals surface area contributed by atoms with Gasteiger partial charge in [-0.1, -0.05) is 6.07 Å². The van der Waals surface area contributed by atoms with E-state index in [0.717, 1.165) is 9.13 Å². The molecule has 0 radical (unpaired) electrons. The average Bonchev–Trinajstić information content (AvgIpc) is 2.77. The van der Waals surface area contributed by atoms with Crippen LogP contribution in [-0.4, -0.2) is 26.1 Å². The van der Waals surface area contributed by atoms with Gasteiger partial charge in [0.05, 0.1) is 17.9 Å². The van der Waals surface area contributed by atoms with E-state index in [-0.39, 0.29) is 10.0 Å². The van der Waals surface area contributed by atoms with Crippen LogP contribution in [0.15, 0.2) is 71.6 Å². The first-order valence-corrected chi connectivity index (χ1v) is 12.9. The van der Waals surface area contributed by atoms with E-state index >= 15 is 0 Å². The average molecular weight is 595 g/mol. The molecule has 0 atom stereocenters. The van der Waals surface area contributed by atoms with Gasteiger partial charge in [0.15, 0.2) is 5.11 Å². The Morgan fingerprint density at radius 2 is 1.61 bits per heavy atom. The molecule has 33 heavy (non-hydrogen) atoms. The lowest BCUT2D eigenvalue weighted by Gasteiger charge is -2.16. The number of thiocarbonyl (C=S) groups is 1. The Hall–Kier alpha value is -2.70. The fourth-order valence-electron chi connectivity index (χ4n) is 2.87. The Morgan fingerprint density at radius 3 is 2.24 bits per heavy atom. The summed E-state index contributed by atoms with van der Waals surface area (Å²) >= 11 is 7.53. The number of benzene rings is 3. The van der Waals surface area contributed by atoms with E-state index in [0.29, 0.717) is 29.2 Å². The minimum Gasteiger partial charge on any atom is -0.462 e. The van der Waals surface area contributed by atoms with Crippen LogP contribution in [0.25, 0.3) is 0 Å². The third-order valence-electron chi connectivity index (χ3n) is 4.43. The third kappa shape index (κ3) is 6.89. The highest BCUT2D eigenvalue weighted by Gasteiger charge is 2.20. The molecule has 3 aromatic carbocycles. The van der Waals surface area contributed by atoms with Crippen LogP contribution in [-0.2, 0) is 14.8 Å². The number of carbonyl (C=O) groups excluding carboxylic acids is 1. The van der Waals surface area contributed by atoms with Gasteiger partial charge in [0.2, 0.25) is 0 Å². The number of aryl methyl sites for hydroxylation is 1. The molecular formula is C23H22IN3O4S2. The quantitative estimate of drug-likeness (QED) is 0.192. The predicted octanol–water partition coefficient (Wildman–Crippen LogP) is 5.39. The molecule has 0 heterocycles. The molecule has 3 rings (SSSR count). The van der Waals surface area contributed by atoms with Crippen molar-refractivity contribution in [1.82, 2.24) is 0 Å². The van der Waals surface area contributed by atoms with Crippen LogP contribution in [0.2, 0.25) is 0 Å². The number of halogens is 1. The molecule has 0 fully saturated rings. The molecule has 0 amide bonds. The van der Waals surface area contributed by atoms with Crippen molar-refractivity contribution in [2.45, 2.75) is 18.7 Å². The number of hydrogen-bond donors (Lipinski definition) is 3. The molecule has 0 unspecified atom stereocenters. The molecule has 172 valence electrons. The molecule has 0 saturated carbocycles. The van der Waals surface area contributed by atoms with E-state index in [4.69, 9.17) is 17.0 Å². The van der Waals surface area contributed by atoms with E-state index in [9.17, 15) is 13.2 Å². The Bertz CT molecular complexity index is 1260. The molecule has 0 saturated heterocycles. The molecule has 0 aliphatic carbocycles. The highest BCUT2D eigenvalue weighted by Crippen LogP contribution is 2.26. The minimum atomic E-state index is -3.87. The maximum absolute atomic E-state index is 13.1. The molecule has 0 bridgehead atoms. The zero-order valence-electron chi connectivity index (χ0n) is 17.9. The molecule has 10 heteroatoms. The summed E-state index contributed by atoms with van der Waals surface area (Å²) in [6.07, 6.45) is 0. The van der Waals surface area contributed by atoms with Gasteiger partial charge in [-0.15, -0.1) is 0 Å². The molecule has 0 aromatic heterocycles. The summed E-state index contributed by atoms with van der Waals surface area (Å²) in [5.41, 5.74) is 2.64. The molecule has 7 nitrogen and oxygen atoms in total. The standard InChI is InChI=1S/C23H22IN3O4S2/c1-3-31-22(28)16-5-9-18(10-6-16)25-23(32)26-20-13-4-15(2)14-21(20)33(29,30)27-19-11-7-17(24)8-12-19/h4-14,27H,3H2,1-2H3,(H2,25,26,32). The summed E-state index contributed by atoms with van der Waals surface area (Å²) in [5.74, 6) is -0.403.